The van der Waals surface area contributed by atoms with Gasteiger partial charge in [-0.2, -0.15) is 0 Å². The summed E-state index contributed by atoms with van der Waals surface area (Å²) in [6, 6.07) is 5.97. The Hall–Kier alpha value is -1.50. The van der Waals surface area contributed by atoms with Crippen LogP contribution in [0.2, 0.25) is 0 Å². The number of nitrogens with two attached hydrogens (primary N) is 1. The third kappa shape index (κ3) is 1.87. The molecule has 0 saturated carbocycles. The van der Waals surface area contributed by atoms with E-state index in [0.29, 0.717) is 0 Å². The molecule has 0 aliphatic carbocycles. The van der Waals surface area contributed by atoms with Crippen LogP contribution in [0.25, 0.3) is 5.57 Å². The highest BCUT2D eigenvalue weighted by Gasteiger charge is 2.06. The van der Waals surface area contributed by atoms with Gasteiger partial charge in [-0.25, -0.2) is 0 Å². The zero-order chi connectivity index (χ0) is 10.7. The summed E-state index contributed by atoms with van der Waals surface area (Å²) in [5, 5.41) is 0. The Kier molecular flexibility index (Phi) is 3.13. The van der Waals surface area contributed by atoms with E-state index in [1.54, 1.807) is 0 Å². The molecule has 0 unspecified atom stereocenters. The van der Waals surface area contributed by atoms with Gasteiger partial charge in [0, 0.05) is 11.3 Å². The lowest BCUT2D eigenvalue weighted by molar-refractivity contribution is 1.36. The molecule has 14 heavy (non-hydrogen) atoms. The van der Waals surface area contributed by atoms with Crippen LogP contribution in [0.4, 0.5) is 5.69 Å². The molecule has 1 heteroatoms. The summed E-state index contributed by atoms with van der Waals surface area (Å²) in [5.41, 5.74) is 11.5. The molecular weight excluding hydrogens is 170 g/mol. The van der Waals surface area contributed by atoms with Crippen LogP contribution >= 0.6 is 0 Å². The van der Waals surface area contributed by atoms with E-state index in [-0.39, 0.29) is 0 Å². The van der Waals surface area contributed by atoms with Crippen LogP contribution in [-0.4, -0.2) is 0 Å². The molecule has 0 spiro atoms. The van der Waals surface area contributed by atoms with Crippen molar-refractivity contribution in [3.63, 3.8) is 0 Å². The van der Waals surface area contributed by atoms with Gasteiger partial charge in [0.25, 0.3) is 0 Å². The molecule has 0 radical (unpaired) electrons. The second-order valence-corrected chi connectivity index (χ2v) is 3.66. The Morgan fingerprint density at radius 3 is 2.43 bits per heavy atom. The summed E-state index contributed by atoms with van der Waals surface area (Å²) in [6.07, 6.45) is 1.87. The molecule has 1 aromatic rings. The second kappa shape index (κ2) is 4.14. The molecule has 0 aromatic heterocycles. The minimum Gasteiger partial charge on any atom is -0.398 e. The predicted octanol–water partition coefficient (Wildman–Crippen LogP) is 3.56. The highest BCUT2D eigenvalue weighted by atomic mass is 14.6. The molecule has 74 valence electrons. The average Bonchev–Trinajstić information content (AvgIpc) is 2.10. The fraction of sp³-hybridized carbons (Fsp3) is 0.231. The summed E-state index contributed by atoms with van der Waals surface area (Å²) in [4.78, 5) is 0. The summed E-state index contributed by atoms with van der Waals surface area (Å²) in [5.74, 6) is 0. The number of aryl methyl sites for hydroxylation is 1. The van der Waals surface area contributed by atoms with Crippen molar-refractivity contribution in [1.82, 2.24) is 0 Å². The van der Waals surface area contributed by atoms with Gasteiger partial charge in [-0.05, 0) is 38.0 Å². The molecule has 0 heterocycles. The van der Waals surface area contributed by atoms with Crippen molar-refractivity contribution in [2.45, 2.75) is 20.8 Å². The van der Waals surface area contributed by atoms with Crippen LogP contribution in [0.3, 0.4) is 0 Å². The maximum Gasteiger partial charge on any atom is 0.0396 e. The molecule has 0 atom stereocenters. The summed E-state index contributed by atoms with van der Waals surface area (Å²) < 4.78 is 0. The predicted molar refractivity (Wildman–Crippen MR) is 64.1 cm³/mol. The third-order valence-corrected chi connectivity index (χ3v) is 2.32. The van der Waals surface area contributed by atoms with Gasteiger partial charge in [-0.15, -0.1) is 0 Å². The quantitative estimate of drug-likeness (QED) is 0.556. The number of anilines is 1. The Balaban J connectivity index is 3.45. The summed E-state index contributed by atoms with van der Waals surface area (Å²) in [6.45, 7) is 10.0. The highest BCUT2D eigenvalue weighted by Crippen LogP contribution is 2.28. The molecule has 1 rings (SSSR count). The first-order chi connectivity index (χ1) is 6.57. The van der Waals surface area contributed by atoms with E-state index in [0.717, 1.165) is 16.8 Å². The Morgan fingerprint density at radius 1 is 1.36 bits per heavy atom. The lowest BCUT2D eigenvalue weighted by atomic mass is 9.95. The third-order valence-electron chi connectivity index (χ3n) is 2.32. The smallest absolute Gasteiger partial charge is 0.0396 e. The van der Waals surface area contributed by atoms with Gasteiger partial charge in [-0.1, -0.05) is 30.4 Å². The van der Waals surface area contributed by atoms with Crippen LogP contribution in [0, 0.1) is 6.92 Å². The number of hydrogen-bond donors (Lipinski definition) is 1. The fourth-order valence-electron chi connectivity index (χ4n) is 1.61. The van der Waals surface area contributed by atoms with Gasteiger partial charge in [0.15, 0.2) is 0 Å². The van der Waals surface area contributed by atoms with E-state index in [1.165, 1.54) is 11.1 Å². The van der Waals surface area contributed by atoms with Crippen molar-refractivity contribution >= 4 is 11.3 Å². The zero-order valence-corrected chi connectivity index (χ0v) is 9.09. The largest absolute Gasteiger partial charge is 0.398 e. The van der Waals surface area contributed by atoms with Gasteiger partial charge < -0.3 is 5.73 Å². The number of allylic oxidation sites excluding steroid dienone is 3. The van der Waals surface area contributed by atoms with Crippen LogP contribution in [0.1, 0.15) is 25.0 Å². The standard InChI is InChI=1S/C13H17N/c1-5-11(9(2)3)13-10(4)7-6-8-12(13)14/h5-8H,1,14H2,2-4H3. The molecule has 1 nitrogen and oxygen atoms in total. The van der Waals surface area contributed by atoms with E-state index in [4.69, 9.17) is 5.73 Å². The molecule has 0 amide bonds. The van der Waals surface area contributed by atoms with Gasteiger partial charge in [0.1, 0.15) is 0 Å². The molecule has 0 fully saturated rings. The highest BCUT2D eigenvalue weighted by molar-refractivity contribution is 5.84. The number of nitrogen functional groups attached to an aromatic ring is 1. The molecule has 0 bridgehead atoms. The topological polar surface area (TPSA) is 26.0 Å². The van der Waals surface area contributed by atoms with Crippen LogP contribution in [0.15, 0.2) is 36.4 Å². The molecule has 1 aromatic carbocycles. The van der Waals surface area contributed by atoms with Gasteiger partial charge in [0.2, 0.25) is 0 Å². The monoisotopic (exact) mass is 187 g/mol. The summed E-state index contributed by atoms with van der Waals surface area (Å²) >= 11 is 0. The Bertz CT molecular complexity index is 362. The number of benzene rings is 1. The molecule has 0 aliphatic rings. The van der Waals surface area contributed by atoms with Crippen molar-refractivity contribution in [3.05, 3.63) is 47.6 Å². The maximum absolute atomic E-state index is 5.95. The Labute approximate surface area is 85.9 Å². The van der Waals surface area contributed by atoms with Crippen LogP contribution in [-0.2, 0) is 0 Å². The molecule has 2 N–H and O–H groups in total. The van der Waals surface area contributed by atoms with Crippen LogP contribution < -0.4 is 5.73 Å². The average molecular weight is 187 g/mol. The SMILES string of the molecule is C=CC(=C(C)C)c1c(C)cccc1N. The van der Waals surface area contributed by atoms with Crippen molar-refractivity contribution < 1.29 is 0 Å². The van der Waals surface area contributed by atoms with E-state index in [2.05, 4.69) is 33.4 Å². The van der Waals surface area contributed by atoms with Gasteiger partial charge >= 0.3 is 0 Å². The van der Waals surface area contributed by atoms with E-state index in [9.17, 15) is 0 Å². The van der Waals surface area contributed by atoms with E-state index in [1.807, 2.05) is 18.2 Å². The normalized spacial score (nSPS) is 9.64. The van der Waals surface area contributed by atoms with E-state index < -0.39 is 0 Å². The first-order valence-electron chi connectivity index (χ1n) is 4.73. The fourth-order valence-corrected chi connectivity index (χ4v) is 1.61. The van der Waals surface area contributed by atoms with Crippen molar-refractivity contribution in [2.24, 2.45) is 0 Å². The number of hydrogen-bond acceptors (Lipinski definition) is 1. The van der Waals surface area contributed by atoms with Gasteiger partial charge in [0.05, 0.1) is 0 Å². The Morgan fingerprint density at radius 2 is 2.00 bits per heavy atom. The first kappa shape index (κ1) is 10.6. The minimum absolute atomic E-state index is 0.820. The van der Waals surface area contributed by atoms with Gasteiger partial charge in [-0.3, -0.25) is 0 Å². The van der Waals surface area contributed by atoms with Crippen LogP contribution in [0.5, 0.6) is 0 Å². The molecule has 0 aliphatic heterocycles. The van der Waals surface area contributed by atoms with Crippen molar-refractivity contribution in [1.29, 1.82) is 0 Å². The minimum atomic E-state index is 0.820. The van der Waals surface area contributed by atoms with E-state index >= 15 is 0 Å². The first-order valence-corrected chi connectivity index (χ1v) is 4.73. The second-order valence-electron chi connectivity index (χ2n) is 3.66. The summed E-state index contributed by atoms with van der Waals surface area (Å²) in [7, 11) is 0. The zero-order valence-electron chi connectivity index (χ0n) is 9.09. The molecular formula is C13H17N. The molecule has 0 saturated heterocycles. The lowest BCUT2D eigenvalue weighted by Crippen LogP contribution is -1.96. The lowest BCUT2D eigenvalue weighted by Gasteiger charge is -2.11. The van der Waals surface area contributed by atoms with Crippen molar-refractivity contribution in [3.8, 4) is 0 Å². The number of rotatable bonds is 2. The maximum atomic E-state index is 5.95. The van der Waals surface area contributed by atoms with Crippen molar-refractivity contribution in [2.75, 3.05) is 5.73 Å².